The number of aromatic nitrogens is 3. The van der Waals surface area contributed by atoms with Gasteiger partial charge in [0, 0.05) is 12.5 Å². The van der Waals surface area contributed by atoms with Crippen LogP contribution in [0.15, 0.2) is 54.6 Å². The van der Waals surface area contributed by atoms with Gasteiger partial charge >= 0.3 is 0 Å². The number of carbonyl (C=O) groups excluding carboxylic acids is 1. The Morgan fingerprint density at radius 2 is 1.86 bits per heavy atom. The molecule has 0 bridgehead atoms. The lowest BCUT2D eigenvalue weighted by atomic mass is 10.1. The summed E-state index contributed by atoms with van der Waals surface area (Å²) in [5.74, 6) is -0.553. The van der Waals surface area contributed by atoms with Crippen molar-refractivity contribution in [1.82, 2.24) is 15.0 Å². The standard InChI is InChI=1S/C16H12FN3O/c1-11(21)15-16(12-6-3-2-4-7-12)20(19-18-15)14-9-5-8-13(17)10-14/h2-10H,1H3. The van der Waals surface area contributed by atoms with Crippen LogP contribution in [0.1, 0.15) is 17.4 Å². The van der Waals surface area contributed by atoms with E-state index in [1.165, 1.54) is 23.7 Å². The topological polar surface area (TPSA) is 47.8 Å². The number of benzene rings is 2. The first-order chi connectivity index (χ1) is 10.2. The first-order valence-corrected chi connectivity index (χ1v) is 6.45. The summed E-state index contributed by atoms with van der Waals surface area (Å²) in [5.41, 5.74) is 2.16. The zero-order chi connectivity index (χ0) is 14.8. The highest BCUT2D eigenvalue weighted by Gasteiger charge is 2.19. The third-order valence-electron chi connectivity index (χ3n) is 3.10. The van der Waals surface area contributed by atoms with Crippen LogP contribution in [0.5, 0.6) is 0 Å². The molecule has 21 heavy (non-hydrogen) atoms. The summed E-state index contributed by atoms with van der Waals surface area (Å²) in [5, 5.41) is 7.94. The van der Waals surface area contributed by atoms with Gasteiger partial charge in [-0.2, -0.15) is 0 Å². The fraction of sp³-hybridized carbons (Fsp3) is 0.0625. The third-order valence-corrected chi connectivity index (χ3v) is 3.10. The number of hydrogen-bond donors (Lipinski definition) is 0. The Labute approximate surface area is 120 Å². The molecule has 2 aromatic carbocycles. The van der Waals surface area contributed by atoms with E-state index in [9.17, 15) is 9.18 Å². The summed E-state index contributed by atoms with van der Waals surface area (Å²) in [4.78, 5) is 11.8. The molecule has 0 spiro atoms. The van der Waals surface area contributed by atoms with Crippen molar-refractivity contribution < 1.29 is 9.18 Å². The summed E-state index contributed by atoms with van der Waals surface area (Å²) >= 11 is 0. The highest BCUT2D eigenvalue weighted by molar-refractivity contribution is 5.98. The van der Waals surface area contributed by atoms with Crippen molar-refractivity contribution in [3.05, 3.63) is 66.1 Å². The van der Waals surface area contributed by atoms with Gasteiger partial charge in [-0.3, -0.25) is 4.79 Å². The van der Waals surface area contributed by atoms with Crippen molar-refractivity contribution in [1.29, 1.82) is 0 Å². The van der Waals surface area contributed by atoms with Crippen LogP contribution in [-0.2, 0) is 0 Å². The molecule has 0 atom stereocenters. The van der Waals surface area contributed by atoms with Crippen molar-refractivity contribution in [2.45, 2.75) is 6.92 Å². The van der Waals surface area contributed by atoms with E-state index in [1.54, 1.807) is 12.1 Å². The molecule has 4 nitrogen and oxygen atoms in total. The maximum Gasteiger partial charge on any atom is 0.182 e. The smallest absolute Gasteiger partial charge is 0.182 e. The Balaban J connectivity index is 2.25. The zero-order valence-electron chi connectivity index (χ0n) is 11.3. The van der Waals surface area contributed by atoms with E-state index in [4.69, 9.17) is 0 Å². The molecule has 3 aromatic rings. The van der Waals surface area contributed by atoms with Crippen LogP contribution in [0.2, 0.25) is 0 Å². The Morgan fingerprint density at radius 1 is 1.10 bits per heavy atom. The molecule has 3 rings (SSSR count). The number of carbonyl (C=O) groups is 1. The van der Waals surface area contributed by atoms with E-state index in [0.717, 1.165) is 5.56 Å². The van der Waals surface area contributed by atoms with Gasteiger partial charge in [0.15, 0.2) is 11.5 Å². The maximum absolute atomic E-state index is 13.4. The fourth-order valence-electron chi connectivity index (χ4n) is 2.16. The van der Waals surface area contributed by atoms with Crippen LogP contribution in [0.25, 0.3) is 16.9 Å². The summed E-state index contributed by atoms with van der Waals surface area (Å²) in [6.45, 7) is 1.44. The second-order valence-corrected chi connectivity index (χ2v) is 4.60. The molecule has 0 saturated heterocycles. The van der Waals surface area contributed by atoms with E-state index in [-0.39, 0.29) is 17.3 Å². The highest BCUT2D eigenvalue weighted by Crippen LogP contribution is 2.25. The Bertz CT molecular complexity index is 796. The number of halogens is 1. The molecule has 0 radical (unpaired) electrons. The molecule has 1 aromatic heterocycles. The van der Waals surface area contributed by atoms with E-state index in [2.05, 4.69) is 10.3 Å². The molecule has 0 saturated carbocycles. The van der Waals surface area contributed by atoms with Crippen molar-refractivity contribution in [2.75, 3.05) is 0 Å². The largest absolute Gasteiger partial charge is 0.293 e. The second kappa shape index (κ2) is 5.28. The second-order valence-electron chi connectivity index (χ2n) is 4.60. The molecule has 0 aliphatic carbocycles. The monoisotopic (exact) mass is 281 g/mol. The molecule has 0 fully saturated rings. The van der Waals surface area contributed by atoms with Crippen LogP contribution in [0.3, 0.4) is 0 Å². The minimum atomic E-state index is -0.369. The van der Waals surface area contributed by atoms with Gasteiger partial charge in [0.05, 0.1) is 5.69 Å². The molecule has 0 aliphatic heterocycles. The molecule has 104 valence electrons. The molecule has 0 N–H and O–H groups in total. The van der Waals surface area contributed by atoms with E-state index >= 15 is 0 Å². The number of Topliss-reactive ketones (excluding diaryl/α,β-unsaturated/α-hetero) is 1. The average molecular weight is 281 g/mol. The van der Waals surface area contributed by atoms with Gasteiger partial charge in [-0.05, 0) is 18.2 Å². The average Bonchev–Trinajstić information content (AvgIpc) is 2.93. The SMILES string of the molecule is CC(=O)c1nnn(-c2cccc(F)c2)c1-c1ccccc1. The van der Waals surface area contributed by atoms with Crippen molar-refractivity contribution in [3.8, 4) is 16.9 Å². The van der Waals surface area contributed by atoms with Gasteiger partial charge in [-0.25, -0.2) is 9.07 Å². The van der Waals surface area contributed by atoms with Gasteiger partial charge in [-0.1, -0.05) is 41.6 Å². The van der Waals surface area contributed by atoms with Gasteiger partial charge < -0.3 is 0 Å². The van der Waals surface area contributed by atoms with Crippen LogP contribution < -0.4 is 0 Å². The molecule has 1 heterocycles. The van der Waals surface area contributed by atoms with Crippen LogP contribution in [0.4, 0.5) is 4.39 Å². The van der Waals surface area contributed by atoms with E-state index < -0.39 is 0 Å². The third kappa shape index (κ3) is 2.45. The van der Waals surface area contributed by atoms with Crippen molar-refractivity contribution in [3.63, 3.8) is 0 Å². The lowest BCUT2D eigenvalue weighted by molar-refractivity contribution is 0.101. The first kappa shape index (κ1) is 13.2. The van der Waals surface area contributed by atoms with Crippen molar-refractivity contribution in [2.24, 2.45) is 0 Å². The van der Waals surface area contributed by atoms with Crippen LogP contribution in [0, 0.1) is 5.82 Å². The first-order valence-electron chi connectivity index (χ1n) is 6.45. The number of hydrogen-bond acceptors (Lipinski definition) is 3. The number of nitrogens with zero attached hydrogens (tertiary/aromatic N) is 3. The maximum atomic E-state index is 13.4. The minimum Gasteiger partial charge on any atom is -0.293 e. The van der Waals surface area contributed by atoms with E-state index in [1.807, 2.05) is 30.3 Å². The van der Waals surface area contributed by atoms with Gasteiger partial charge in [0.2, 0.25) is 0 Å². The Kier molecular flexibility index (Phi) is 3.31. The normalized spacial score (nSPS) is 10.6. The highest BCUT2D eigenvalue weighted by atomic mass is 19.1. The zero-order valence-corrected chi connectivity index (χ0v) is 11.3. The Hall–Kier alpha value is -2.82. The molecular weight excluding hydrogens is 269 g/mol. The van der Waals surface area contributed by atoms with Crippen molar-refractivity contribution >= 4 is 5.78 Å². The fourth-order valence-corrected chi connectivity index (χ4v) is 2.16. The lowest BCUT2D eigenvalue weighted by Gasteiger charge is -2.07. The predicted octanol–water partition coefficient (Wildman–Crippen LogP) is 3.28. The van der Waals surface area contributed by atoms with Gasteiger partial charge in [0.25, 0.3) is 0 Å². The summed E-state index contributed by atoms with van der Waals surface area (Å²) in [6.07, 6.45) is 0. The summed E-state index contributed by atoms with van der Waals surface area (Å²) in [6, 6.07) is 15.3. The molecule has 0 unspecified atom stereocenters. The van der Waals surface area contributed by atoms with Crippen LogP contribution in [-0.4, -0.2) is 20.8 Å². The summed E-state index contributed by atoms with van der Waals surface area (Å²) in [7, 11) is 0. The minimum absolute atomic E-state index is 0.184. The van der Waals surface area contributed by atoms with Crippen LogP contribution >= 0.6 is 0 Å². The molecule has 0 aliphatic rings. The van der Waals surface area contributed by atoms with Gasteiger partial charge in [-0.15, -0.1) is 5.10 Å². The lowest BCUT2D eigenvalue weighted by Crippen LogP contribution is -2.02. The molecular formula is C16H12FN3O. The predicted molar refractivity (Wildman–Crippen MR) is 76.8 cm³/mol. The number of rotatable bonds is 3. The number of ketones is 1. The van der Waals surface area contributed by atoms with Gasteiger partial charge in [0.1, 0.15) is 11.5 Å². The molecule has 0 amide bonds. The van der Waals surface area contributed by atoms with E-state index in [0.29, 0.717) is 11.4 Å². The quantitative estimate of drug-likeness (QED) is 0.692. The summed E-state index contributed by atoms with van der Waals surface area (Å²) < 4.78 is 14.9. The Morgan fingerprint density at radius 3 is 2.52 bits per heavy atom. The molecule has 5 heteroatoms.